The molecule has 2 saturated heterocycles. The number of fused-ring (bicyclic) bond motifs is 2. The van der Waals surface area contributed by atoms with E-state index in [1.54, 1.807) is 4.90 Å². The molecular formula is C30H38N2O6. The van der Waals surface area contributed by atoms with E-state index in [2.05, 4.69) is 0 Å². The molecule has 0 saturated carbocycles. The van der Waals surface area contributed by atoms with Crippen LogP contribution in [0.3, 0.4) is 0 Å². The monoisotopic (exact) mass is 522 g/mol. The first-order valence-corrected chi connectivity index (χ1v) is 13.8. The van der Waals surface area contributed by atoms with Crippen molar-refractivity contribution >= 4 is 17.8 Å². The van der Waals surface area contributed by atoms with Crippen molar-refractivity contribution in [2.24, 2.45) is 17.8 Å². The summed E-state index contributed by atoms with van der Waals surface area (Å²) >= 11 is 0. The number of allylic oxidation sites excluding steroid dienone is 1. The normalized spacial score (nSPS) is 34.6. The number of likely N-dealkylation sites (tertiary alicyclic amines) is 1. The van der Waals surface area contributed by atoms with Gasteiger partial charge in [0, 0.05) is 13.1 Å². The van der Waals surface area contributed by atoms with E-state index in [4.69, 9.17) is 9.47 Å². The highest BCUT2D eigenvalue weighted by Crippen LogP contribution is 2.58. The fourth-order valence-electron chi connectivity index (χ4n) is 6.78. The highest BCUT2D eigenvalue weighted by Gasteiger charge is 2.76. The van der Waals surface area contributed by atoms with Crippen molar-refractivity contribution in [3.63, 3.8) is 0 Å². The second-order valence-electron chi connectivity index (χ2n) is 11.2. The Bertz CT molecular complexity index is 1130. The minimum atomic E-state index is -1.36. The first-order chi connectivity index (χ1) is 18.3. The summed E-state index contributed by atoms with van der Waals surface area (Å²) in [5.41, 5.74) is -1.45. The third kappa shape index (κ3) is 4.09. The molecule has 1 aromatic rings. The molecule has 4 aliphatic rings. The minimum Gasteiger partial charge on any atom is -0.465 e. The van der Waals surface area contributed by atoms with Crippen LogP contribution in [0.25, 0.3) is 0 Å². The number of rotatable bonds is 6. The van der Waals surface area contributed by atoms with Gasteiger partial charge in [0.2, 0.25) is 11.8 Å². The van der Waals surface area contributed by atoms with Crippen molar-refractivity contribution in [3.8, 4) is 0 Å². The van der Waals surface area contributed by atoms with Crippen LogP contribution in [0.15, 0.2) is 54.6 Å². The molecular weight excluding hydrogens is 484 g/mol. The zero-order valence-corrected chi connectivity index (χ0v) is 22.4. The van der Waals surface area contributed by atoms with Crippen molar-refractivity contribution in [2.75, 3.05) is 19.8 Å². The van der Waals surface area contributed by atoms with Crippen LogP contribution in [-0.4, -0.2) is 75.7 Å². The Kier molecular flexibility index (Phi) is 7.22. The van der Waals surface area contributed by atoms with Crippen LogP contribution in [0.5, 0.6) is 0 Å². The molecule has 1 aromatic carbocycles. The van der Waals surface area contributed by atoms with Crippen molar-refractivity contribution in [3.05, 3.63) is 60.2 Å². The molecule has 4 aliphatic heterocycles. The summed E-state index contributed by atoms with van der Waals surface area (Å²) in [5, 5.41) is 10.4. The van der Waals surface area contributed by atoms with Crippen LogP contribution >= 0.6 is 0 Å². The van der Waals surface area contributed by atoms with Gasteiger partial charge in [0.25, 0.3) is 0 Å². The molecule has 0 aromatic heterocycles. The molecule has 8 nitrogen and oxygen atoms in total. The minimum absolute atomic E-state index is 0.120. The van der Waals surface area contributed by atoms with Gasteiger partial charge in [0.15, 0.2) is 0 Å². The molecule has 2 amide bonds. The van der Waals surface area contributed by atoms with E-state index < -0.39 is 41.1 Å². The number of esters is 1. The molecule has 1 spiro atoms. The van der Waals surface area contributed by atoms with Gasteiger partial charge in [-0.3, -0.25) is 14.4 Å². The Morgan fingerprint density at radius 3 is 2.50 bits per heavy atom. The number of carbonyl (C=O) groups is 3. The second kappa shape index (κ2) is 10.3. The predicted molar refractivity (Wildman–Crippen MR) is 140 cm³/mol. The van der Waals surface area contributed by atoms with E-state index in [-0.39, 0.29) is 30.9 Å². The average molecular weight is 523 g/mol. The third-order valence-corrected chi connectivity index (χ3v) is 8.68. The number of nitrogens with zero attached hydrogens (tertiary/aromatic N) is 2. The molecule has 1 unspecified atom stereocenters. The van der Waals surface area contributed by atoms with E-state index in [0.717, 1.165) is 12.0 Å². The number of hydrogen-bond donors (Lipinski definition) is 1. The maximum atomic E-state index is 14.4. The maximum absolute atomic E-state index is 14.4. The fraction of sp³-hybridized carbons (Fsp3) is 0.567. The number of carbonyl (C=O) groups excluding carboxylic acids is 3. The summed E-state index contributed by atoms with van der Waals surface area (Å²) in [5.74, 6) is -3.01. The van der Waals surface area contributed by atoms with Crippen molar-refractivity contribution in [1.82, 2.24) is 9.80 Å². The molecule has 0 radical (unpaired) electrons. The Morgan fingerprint density at radius 2 is 1.82 bits per heavy atom. The summed E-state index contributed by atoms with van der Waals surface area (Å²) in [4.78, 5) is 45.7. The van der Waals surface area contributed by atoms with Crippen LogP contribution in [-0.2, 0) is 30.4 Å². The molecule has 8 heteroatoms. The van der Waals surface area contributed by atoms with Gasteiger partial charge in [-0.05, 0) is 30.7 Å². The highest BCUT2D eigenvalue weighted by atomic mass is 16.6. The van der Waals surface area contributed by atoms with E-state index in [1.165, 1.54) is 4.90 Å². The summed E-state index contributed by atoms with van der Waals surface area (Å²) in [6.07, 6.45) is 9.52. The molecule has 204 valence electrons. The molecule has 6 atom stereocenters. The van der Waals surface area contributed by atoms with E-state index >= 15 is 0 Å². The lowest BCUT2D eigenvalue weighted by Crippen LogP contribution is -2.59. The van der Waals surface area contributed by atoms with Crippen LogP contribution in [0.4, 0.5) is 0 Å². The Morgan fingerprint density at radius 1 is 1.05 bits per heavy atom. The summed E-state index contributed by atoms with van der Waals surface area (Å²) in [6.45, 7) is 6.46. The third-order valence-electron chi connectivity index (χ3n) is 8.68. The second-order valence-corrected chi connectivity index (χ2v) is 11.2. The Balaban J connectivity index is 1.66. The van der Waals surface area contributed by atoms with Gasteiger partial charge < -0.3 is 24.4 Å². The number of ether oxygens (including phenoxy) is 2. The largest absolute Gasteiger partial charge is 0.465 e. The first-order valence-electron chi connectivity index (χ1n) is 13.8. The van der Waals surface area contributed by atoms with Gasteiger partial charge in [-0.2, -0.15) is 0 Å². The van der Waals surface area contributed by atoms with Crippen LogP contribution in [0.1, 0.15) is 45.6 Å². The van der Waals surface area contributed by atoms with Gasteiger partial charge in [-0.1, -0.05) is 75.4 Å². The topological polar surface area (TPSA) is 96.4 Å². The van der Waals surface area contributed by atoms with Crippen LogP contribution in [0, 0.1) is 17.8 Å². The smallest absolute Gasteiger partial charge is 0.313 e. The first kappa shape index (κ1) is 26.6. The average Bonchev–Trinajstić information content (AvgIpc) is 3.29. The number of amides is 2. The standard InChI is InChI=1S/C30H38N2O6/c1-4-29-14-9-6-10-17-37-28(36)24(29)23-26(34)32(22(19-33)20(2)3)25-27(35)31(16-11-15-30(23,25)38-29)18-21-12-7-5-8-13-21/h5,7-9,11-15,20,22-25,33H,4,6,10,16-19H2,1-3H3/b14-9-/t22-,23-,24-,25?,29+,30-/m0/s1. The van der Waals surface area contributed by atoms with Crippen LogP contribution < -0.4 is 0 Å². The molecule has 2 fully saturated rings. The molecule has 5 rings (SSSR count). The molecule has 0 aliphatic carbocycles. The van der Waals surface area contributed by atoms with E-state index in [0.29, 0.717) is 25.9 Å². The summed E-state index contributed by atoms with van der Waals surface area (Å²) in [7, 11) is 0. The number of hydrogen-bond acceptors (Lipinski definition) is 6. The lowest BCUT2D eigenvalue weighted by atomic mass is 9.73. The number of aliphatic hydroxyl groups excluding tert-OH is 1. The molecule has 0 bridgehead atoms. The highest BCUT2D eigenvalue weighted by molar-refractivity contribution is 5.99. The van der Waals surface area contributed by atoms with E-state index in [9.17, 15) is 19.5 Å². The van der Waals surface area contributed by atoms with Crippen molar-refractivity contribution < 1.29 is 29.0 Å². The Labute approximate surface area is 224 Å². The maximum Gasteiger partial charge on any atom is 0.313 e. The van der Waals surface area contributed by atoms with Crippen LogP contribution in [0.2, 0.25) is 0 Å². The SMILES string of the molecule is CC[C@@]12/C=C\CCCOC(=O)[C@@H]1[C@H]1C(=O)N([C@@H](CO)C(C)C)C3C(=O)N(Cc4ccccc4)CC=C[C@@]31O2. The van der Waals surface area contributed by atoms with Gasteiger partial charge >= 0.3 is 5.97 Å². The fourth-order valence-corrected chi connectivity index (χ4v) is 6.78. The zero-order chi connectivity index (χ0) is 27.1. The van der Waals surface area contributed by atoms with Crippen molar-refractivity contribution in [2.45, 2.75) is 69.9 Å². The molecule has 4 heterocycles. The van der Waals surface area contributed by atoms with Gasteiger partial charge in [-0.25, -0.2) is 0 Å². The number of cyclic esters (lactones) is 1. The quantitative estimate of drug-likeness (QED) is 0.456. The van der Waals surface area contributed by atoms with Gasteiger partial charge in [-0.15, -0.1) is 0 Å². The van der Waals surface area contributed by atoms with Gasteiger partial charge in [0.05, 0.1) is 25.2 Å². The number of aliphatic hydroxyl groups is 1. The Hall–Kier alpha value is -2.97. The molecule has 1 N–H and O–H groups in total. The molecule has 38 heavy (non-hydrogen) atoms. The van der Waals surface area contributed by atoms with Crippen molar-refractivity contribution in [1.29, 1.82) is 0 Å². The van der Waals surface area contributed by atoms with E-state index in [1.807, 2.05) is 75.4 Å². The zero-order valence-electron chi connectivity index (χ0n) is 22.4. The summed E-state index contributed by atoms with van der Waals surface area (Å²) in [6, 6.07) is 8.10. The lowest BCUT2D eigenvalue weighted by molar-refractivity contribution is -0.163. The predicted octanol–water partition coefficient (Wildman–Crippen LogP) is 2.86. The number of benzene rings is 1. The van der Waals surface area contributed by atoms with Gasteiger partial charge in [0.1, 0.15) is 23.2 Å². The summed E-state index contributed by atoms with van der Waals surface area (Å²) < 4.78 is 12.6. The lowest BCUT2D eigenvalue weighted by Gasteiger charge is -2.41.